The van der Waals surface area contributed by atoms with Crippen LogP contribution in [0.3, 0.4) is 0 Å². The fraction of sp³-hybridized carbons (Fsp3) is 0.294. The molecule has 0 radical (unpaired) electrons. The highest BCUT2D eigenvalue weighted by atomic mass is 32.2. The highest BCUT2D eigenvalue weighted by Crippen LogP contribution is 2.33. The predicted octanol–water partition coefficient (Wildman–Crippen LogP) is 4.18. The van der Waals surface area contributed by atoms with E-state index in [4.69, 9.17) is 9.47 Å². The van der Waals surface area contributed by atoms with E-state index in [0.29, 0.717) is 27.9 Å². The number of rotatable bonds is 7. The Bertz CT molecular complexity index is 918. The number of methoxy groups -OCH3 is 2. The summed E-state index contributed by atoms with van der Waals surface area (Å²) in [4.78, 5) is 11.9. The Labute approximate surface area is 152 Å². The highest BCUT2D eigenvalue weighted by molar-refractivity contribution is 7.98. The van der Waals surface area contributed by atoms with Gasteiger partial charge in [0.15, 0.2) is 16.7 Å². The van der Waals surface area contributed by atoms with Crippen LogP contribution in [-0.4, -0.2) is 35.8 Å². The van der Waals surface area contributed by atoms with E-state index in [0.717, 1.165) is 16.8 Å². The first-order chi connectivity index (χ1) is 12.5. The third kappa shape index (κ3) is 3.82. The molecule has 0 aliphatic rings. The summed E-state index contributed by atoms with van der Waals surface area (Å²) in [6, 6.07) is 4.60. The Kier molecular flexibility index (Phi) is 5.46. The fourth-order valence-electron chi connectivity index (χ4n) is 2.50. The molecule has 138 valence electrons. The summed E-state index contributed by atoms with van der Waals surface area (Å²) in [5.41, 5.74) is 3.03. The van der Waals surface area contributed by atoms with E-state index < -0.39 is 6.61 Å². The van der Waals surface area contributed by atoms with Crippen molar-refractivity contribution < 1.29 is 23.0 Å². The van der Waals surface area contributed by atoms with Gasteiger partial charge in [-0.2, -0.15) is 8.78 Å². The Hall–Kier alpha value is -2.55. The summed E-state index contributed by atoms with van der Waals surface area (Å²) >= 11 is 1.45. The van der Waals surface area contributed by atoms with Crippen LogP contribution in [0.2, 0.25) is 0 Å². The first kappa shape index (κ1) is 18.2. The summed E-state index contributed by atoms with van der Waals surface area (Å²) in [5, 5.41) is 0.658. The molecule has 1 N–H and O–H groups in total. The lowest BCUT2D eigenvalue weighted by atomic mass is 10.2. The van der Waals surface area contributed by atoms with Crippen molar-refractivity contribution in [1.82, 2.24) is 15.0 Å². The number of pyridine rings is 1. The van der Waals surface area contributed by atoms with Gasteiger partial charge in [-0.05, 0) is 19.1 Å². The largest absolute Gasteiger partial charge is 0.492 e. The van der Waals surface area contributed by atoms with Gasteiger partial charge < -0.3 is 19.2 Å². The van der Waals surface area contributed by atoms with E-state index in [1.807, 2.05) is 6.92 Å². The van der Waals surface area contributed by atoms with Crippen LogP contribution in [0.5, 0.6) is 17.2 Å². The lowest BCUT2D eigenvalue weighted by molar-refractivity contribution is -0.0497. The molecule has 0 bridgehead atoms. The van der Waals surface area contributed by atoms with Crippen LogP contribution in [-0.2, 0) is 5.75 Å². The smallest absolute Gasteiger partial charge is 0.387 e. The number of halogens is 2. The summed E-state index contributed by atoms with van der Waals surface area (Å²) in [6.07, 6.45) is 1.62. The van der Waals surface area contributed by atoms with Gasteiger partial charge in [0.1, 0.15) is 5.75 Å². The number of nitrogens with one attached hydrogen (secondary N) is 1. The van der Waals surface area contributed by atoms with E-state index >= 15 is 0 Å². The van der Waals surface area contributed by atoms with E-state index in [1.165, 1.54) is 23.9 Å². The van der Waals surface area contributed by atoms with Crippen molar-refractivity contribution in [2.45, 2.75) is 24.4 Å². The van der Waals surface area contributed by atoms with Crippen LogP contribution >= 0.6 is 11.8 Å². The van der Waals surface area contributed by atoms with Gasteiger partial charge in [-0.3, -0.25) is 4.98 Å². The third-order valence-electron chi connectivity index (χ3n) is 3.76. The van der Waals surface area contributed by atoms with Crippen LogP contribution in [0, 0.1) is 6.92 Å². The number of aromatic amines is 1. The maximum Gasteiger partial charge on any atom is 0.387 e. The number of benzene rings is 1. The van der Waals surface area contributed by atoms with Crippen LogP contribution in [0.25, 0.3) is 11.0 Å². The zero-order valence-electron chi connectivity index (χ0n) is 14.4. The number of fused-ring (bicyclic) bond motifs is 1. The molecule has 0 saturated heterocycles. The van der Waals surface area contributed by atoms with E-state index in [2.05, 4.69) is 19.7 Å². The Morgan fingerprint density at radius 1 is 1.23 bits per heavy atom. The molecule has 0 aliphatic carbocycles. The topological polar surface area (TPSA) is 69.3 Å². The van der Waals surface area contributed by atoms with Crippen molar-refractivity contribution in [1.29, 1.82) is 0 Å². The fourth-order valence-corrected chi connectivity index (χ4v) is 3.41. The molecule has 9 heteroatoms. The van der Waals surface area contributed by atoms with Crippen molar-refractivity contribution in [3.63, 3.8) is 0 Å². The van der Waals surface area contributed by atoms with Gasteiger partial charge in [0.05, 0.1) is 37.1 Å². The van der Waals surface area contributed by atoms with Crippen molar-refractivity contribution in [3.8, 4) is 17.2 Å². The summed E-state index contributed by atoms with van der Waals surface area (Å²) in [6.45, 7) is -0.948. The van der Waals surface area contributed by atoms with Crippen LogP contribution < -0.4 is 14.2 Å². The van der Waals surface area contributed by atoms with Gasteiger partial charge in [-0.1, -0.05) is 11.8 Å². The van der Waals surface area contributed by atoms with Gasteiger partial charge in [-0.25, -0.2) is 4.98 Å². The molecule has 3 aromatic rings. The molecule has 0 saturated carbocycles. The molecule has 0 spiro atoms. The normalized spacial score (nSPS) is 11.2. The van der Waals surface area contributed by atoms with Crippen molar-refractivity contribution >= 4 is 22.8 Å². The molecule has 2 heterocycles. The van der Waals surface area contributed by atoms with Gasteiger partial charge in [-0.15, -0.1) is 0 Å². The summed E-state index contributed by atoms with van der Waals surface area (Å²) in [5.74, 6) is 1.87. The molecule has 3 rings (SSSR count). The maximum absolute atomic E-state index is 12.3. The molecule has 0 aliphatic heterocycles. The number of ether oxygens (including phenoxy) is 3. The molecule has 6 nitrogen and oxygen atoms in total. The second-order valence-corrected chi connectivity index (χ2v) is 6.28. The molecular formula is C17H17F2N3O3S. The Morgan fingerprint density at radius 2 is 2.04 bits per heavy atom. The average molecular weight is 381 g/mol. The van der Waals surface area contributed by atoms with Crippen molar-refractivity contribution in [2.75, 3.05) is 14.2 Å². The summed E-state index contributed by atoms with van der Waals surface area (Å²) in [7, 11) is 3.15. The Morgan fingerprint density at radius 3 is 2.73 bits per heavy atom. The second kappa shape index (κ2) is 7.77. The first-order valence-corrected chi connectivity index (χ1v) is 8.64. The molecular weight excluding hydrogens is 364 g/mol. The molecule has 1 aromatic carbocycles. The second-order valence-electron chi connectivity index (χ2n) is 5.32. The minimum atomic E-state index is -2.86. The van der Waals surface area contributed by atoms with Gasteiger partial charge >= 0.3 is 6.61 Å². The number of aromatic nitrogens is 3. The average Bonchev–Trinajstić information content (AvgIpc) is 3.02. The predicted molar refractivity (Wildman–Crippen MR) is 94.4 cm³/mol. The van der Waals surface area contributed by atoms with E-state index in [1.54, 1.807) is 26.5 Å². The number of imidazole rings is 1. The highest BCUT2D eigenvalue weighted by Gasteiger charge is 2.14. The lowest BCUT2D eigenvalue weighted by Crippen LogP contribution is -2.01. The SMILES string of the molecule is COc1cnc(CSc2nc3cc(OC(F)F)ccc3[nH]2)c(C)c1OC. The molecule has 2 aromatic heterocycles. The number of nitrogens with zero attached hydrogens (tertiary/aromatic N) is 2. The first-order valence-electron chi connectivity index (χ1n) is 7.65. The number of alkyl halides is 2. The van der Waals surface area contributed by atoms with Gasteiger partial charge in [0.25, 0.3) is 0 Å². The van der Waals surface area contributed by atoms with Gasteiger partial charge in [0.2, 0.25) is 0 Å². The number of H-pyrrole nitrogens is 1. The number of hydrogen-bond donors (Lipinski definition) is 1. The van der Waals surface area contributed by atoms with Crippen molar-refractivity contribution in [2.24, 2.45) is 0 Å². The molecule has 0 atom stereocenters. The zero-order chi connectivity index (χ0) is 18.7. The molecule has 0 fully saturated rings. The van der Waals surface area contributed by atoms with E-state index in [9.17, 15) is 8.78 Å². The monoisotopic (exact) mass is 381 g/mol. The van der Waals surface area contributed by atoms with Crippen molar-refractivity contribution in [3.05, 3.63) is 35.7 Å². The minimum Gasteiger partial charge on any atom is -0.492 e. The molecule has 0 unspecified atom stereocenters. The lowest BCUT2D eigenvalue weighted by Gasteiger charge is -2.12. The van der Waals surface area contributed by atoms with Crippen LogP contribution in [0.15, 0.2) is 29.6 Å². The van der Waals surface area contributed by atoms with Crippen LogP contribution in [0.4, 0.5) is 8.78 Å². The number of hydrogen-bond acceptors (Lipinski definition) is 6. The molecule has 0 amide bonds. The molecule has 26 heavy (non-hydrogen) atoms. The van der Waals surface area contributed by atoms with E-state index in [-0.39, 0.29) is 5.75 Å². The zero-order valence-corrected chi connectivity index (χ0v) is 15.2. The maximum atomic E-state index is 12.3. The van der Waals surface area contributed by atoms with Crippen LogP contribution in [0.1, 0.15) is 11.3 Å². The number of thioether (sulfide) groups is 1. The minimum absolute atomic E-state index is 0.0768. The van der Waals surface area contributed by atoms with Gasteiger partial charge in [0, 0.05) is 17.4 Å². The Balaban J connectivity index is 1.77. The third-order valence-corrected chi connectivity index (χ3v) is 4.65. The quantitative estimate of drug-likeness (QED) is 0.619. The summed E-state index contributed by atoms with van der Waals surface area (Å²) < 4.78 is 39.6. The standard InChI is InChI=1S/C17H17F2N3O3S/c1-9-13(20-7-14(23-2)15(9)24-3)8-26-17-21-11-5-4-10(25-16(18)19)6-12(11)22-17/h4-7,16H,8H2,1-3H3,(H,21,22).